The van der Waals surface area contributed by atoms with Gasteiger partial charge in [0.1, 0.15) is 22.3 Å². The van der Waals surface area contributed by atoms with Gasteiger partial charge in [-0.3, -0.25) is 9.78 Å². The maximum atomic E-state index is 14.6. The second kappa shape index (κ2) is 12.0. The Kier molecular flexibility index (Phi) is 8.45. The van der Waals surface area contributed by atoms with E-state index in [1.165, 1.54) is 7.05 Å². The SMILES string of the molecule is CN.O=C(c1sc2c(F)ccc(F)c2c1Cl)N1Cc2cc(-c3ccncc3)ccc2OCC2CCCC[C@H]1C2. The smallest absolute Gasteiger partial charge is 0.266 e. The van der Waals surface area contributed by atoms with Crippen molar-refractivity contribution in [3.05, 3.63) is 82.0 Å². The molecule has 2 N–H and O–H groups in total. The van der Waals surface area contributed by atoms with E-state index in [1.807, 2.05) is 29.2 Å². The molecule has 0 spiro atoms. The minimum atomic E-state index is -0.628. The Labute approximate surface area is 235 Å². The fraction of sp³-hybridized carbons (Fsp3) is 0.333. The summed E-state index contributed by atoms with van der Waals surface area (Å²) in [7, 11) is 1.50. The Hall–Kier alpha value is -3.07. The van der Waals surface area contributed by atoms with E-state index in [1.54, 1.807) is 12.4 Å². The first-order chi connectivity index (χ1) is 19.0. The molecular weight excluding hydrogens is 540 g/mol. The van der Waals surface area contributed by atoms with Gasteiger partial charge < -0.3 is 15.4 Å². The van der Waals surface area contributed by atoms with Crippen molar-refractivity contribution in [3.63, 3.8) is 0 Å². The van der Waals surface area contributed by atoms with Crippen LogP contribution in [0.5, 0.6) is 5.75 Å². The number of benzene rings is 2. The van der Waals surface area contributed by atoms with Crippen LogP contribution in [0.4, 0.5) is 8.78 Å². The number of aromatic nitrogens is 1. The summed E-state index contributed by atoms with van der Waals surface area (Å²) < 4.78 is 35.5. The highest BCUT2D eigenvalue weighted by molar-refractivity contribution is 7.21. The number of thiophene rings is 1. The fourth-order valence-corrected chi connectivity index (χ4v) is 7.06. The molecule has 204 valence electrons. The van der Waals surface area contributed by atoms with Gasteiger partial charge in [-0.15, -0.1) is 11.3 Å². The van der Waals surface area contributed by atoms with E-state index in [9.17, 15) is 13.6 Å². The van der Waals surface area contributed by atoms with Crippen LogP contribution >= 0.6 is 22.9 Å². The number of rotatable bonds is 2. The third-order valence-electron chi connectivity index (χ3n) is 7.47. The Bertz CT molecular complexity index is 1480. The maximum Gasteiger partial charge on any atom is 0.266 e. The molecule has 3 heterocycles. The van der Waals surface area contributed by atoms with Crippen molar-refractivity contribution in [1.29, 1.82) is 0 Å². The maximum absolute atomic E-state index is 14.6. The second-order valence-corrected chi connectivity index (χ2v) is 11.2. The van der Waals surface area contributed by atoms with Crippen LogP contribution in [0.3, 0.4) is 0 Å². The molecule has 1 amide bonds. The molecule has 1 aliphatic carbocycles. The molecule has 1 aliphatic heterocycles. The van der Waals surface area contributed by atoms with Gasteiger partial charge in [-0.1, -0.05) is 30.5 Å². The lowest BCUT2D eigenvalue weighted by molar-refractivity contribution is 0.0632. The molecule has 0 saturated heterocycles. The van der Waals surface area contributed by atoms with Gasteiger partial charge in [0.15, 0.2) is 0 Å². The van der Waals surface area contributed by atoms with Gasteiger partial charge in [0.2, 0.25) is 0 Å². The molecule has 1 saturated carbocycles. The number of carbonyl (C=O) groups excluding carboxylic acids is 1. The highest BCUT2D eigenvalue weighted by Gasteiger charge is 2.34. The molecule has 4 aromatic rings. The molecule has 2 aromatic carbocycles. The topological polar surface area (TPSA) is 68.5 Å². The Morgan fingerprint density at radius 3 is 2.56 bits per heavy atom. The Morgan fingerprint density at radius 2 is 1.79 bits per heavy atom. The van der Waals surface area contributed by atoms with Gasteiger partial charge >= 0.3 is 0 Å². The van der Waals surface area contributed by atoms with Crippen LogP contribution in [0.2, 0.25) is 5.02 Å². The number of hydrogen-bond donors (Lipinski definition) is 1. The van der Waals surface area contributed by atoms with E-state index in [4.69, 9.17) is 16.3 Å². The molecule has 2 atom stereocenters. The van der Waals surface area contributed by atoms with Gasteiger partial charge in [0.25, 0.3) is 5.91 Å². The van der Waals surface area contributed by atoms with E-state index in [-0.39, 0.29) is 31.9 Å². The average Bonchev–Trinajstić information content (AvgIpc) is 3.19. The van der Waals surface area contributed by atoms with E-state index < -0.39 is 11.6 Å². The van der Waals surface area contributed by atoms with E-state index in [0.717, 1.165) is 78.0 Å². The van der Waals surface area contributed by atoms with Gasteiger partial charge in [0.05, 0.1) is 21.7 Å². The molecule has 1 fully saturated rings. The number of nitrogens with two attached hydrogens (primary N) is 1. The first-order valence-electron chi connectivity index (χ1n) is 13.1. The standard InChI is InChI=1S/C29H25ClF2N2O2S.CH5N/c30-26-25-22(31)6-7-23(32)27(25)37-28(26)29(35)34-15-20-14-19(18-9-11-33-12-10-18)5-8-24(20)36-16-17-3-1-2-4-21(34)13-17;1-2/h5-12,14,17,21H,1-4,13,15-16H2;2H2,1H3/t17?,21-;/m0./s1. The lowest BCUT2D eigenvalue weighted by Crippen LogP contribution is -2.40. The summed E-state index contributed by atoms with van der Waals surface area (Å²) >= 11 is 7.48. The lowest BCUT2D eigenvalue weighted by atomic mass is 9.97. The lowest BCUT2D eigenvalue weighted by Gasteiger charge is -2.32. The number of halogens is 3. The van der Waals surface area contributed by atoms with Crippen LogP contribution in [-0.2, 0) is 6.54 Å². The fourth-order valence-electron chi connectivity index (χ4n) is 5.56. The van der Waals surface area contributed by atoms with Gasteiger partial charge in [-0.2, -0.15) is 0 Å². The van der Waals surface area contributed by atoms with Crippen LogP contribution in [0.15, 0.2) is 54.9 Å². The monoisotopic (exact) mass is 569 g/mol. The minimum Gasteiger partial charge on any atom is -0.493 e. The molecule has 1 unspecified atom stereocenters. The highest BCUT2D eigenvalue weighted by Crippen LogP contribution is 2.41. The molecule has 2 aromatic heterocycles. The molecule has 2 aliphatic rings. The van der Waals surface area contributed by atoms with Crippen LogP contribution in [-0.4, -0.2) is 35.5 Å². The van der Waals surface area contributed by atoms with E-state index in [2.05, 4.69) is 16.8 Å². The Morgan fingerprint density at radius 1 is 1.05 bits per heavy atom. The largest absolute Gasteiger partial charge is 0.493 e. The van der Waals surface area contributed by atoms with Crippen LogP contribution in [0.1, 0.15) is 47.3 Å². The molecule has 5 nitrogen and oxygen atoms in total. The minimum absolute atomic E-state index is 0.0184. The number of ether oxygens (including phenoxy) is 1. The second-order valence-electron chi connectivity index (χ2n) is 9.82. The molecule has 9 heteroatoms. The Balaban J connectivity index is 0.00000151. The molecular formula is C30H30ClF2N3O2S. The van der Waals surface area contributed by atoms with Crippen molar-refractivity contribution in [2.45, 2.75) is 44.7 Å². The molecule has 39 heavy (non-hydrogen) atoms. The number of hydrogen-bond acceptors (Lipinski definition) is 5. The van der Waals surface area contributed by atoms with E-state index in [0.29, 0.717) is 19.1 Å². The zero-order valence-corrected chi connectivity index (χ0v) is 23.2. The third kappa shape index (κ3) is 5.51. The number of fused-ring (bicyclic) bond motifs is 4. The summed E-state index contributed by atoms with van der Waals surface area (Å²) in [6.07, 6.45) is 8.33. The number of pyridine rings is 1. The normalized spacial score (nSPS) is 18.9. The zero-order valence-electron chi connectivity index (χ0n) is 21.6. The summed E-state index contributed by atoms with van der Waals surface area (Å²) in [6, 6.07) is 12.0. The van der Waals surface area contributed by atoms with Gasteiger partial charge in [0, 0.05) is 30.5 Å². The third-order valence-corrected chi connectivity index (χ3v) is 9.15. The average molecular weight is 570 g/mol. The highest BCUT2D eigenvalue weighted by atomic mass is 35.5. The predicted octanol–water partition coefficient (Wildman–Crippen LogP) is 7.45. The van der Waals surface area contributed by atoms with Crippen LogP contribution in [0, 0.1) is 17.6 Å². The molecule has 2 bridgehead atoms. The summed E-state index contributed by atoms with van der Waals surface area (Å²) in [6.45, 7) is 0.917. The van der Waals surface area contributed by atoms with Crippen LogP contribution in [0.25, 0.3) is 21.2 Å². The number of amides is 1. The van der Waals surface area contributed by atoms with Crippen LogP contribution < -0.4 is 10.5 Å². The number of nitrogens with zero attached hydrogens (tertiary/aromatic N) is 2. The first kappa shape index (κ1) is 27.5. The first-order valence-corrected chi connectivity index (χ1v) is 14.3. The summed E-state index contributed by atoms with van der Waals surface area (Å²) in [5.41, 5.74) is 7.41. The van der Waals surface area contributed by atoms with Crippen molar-refractivity contribution in [3.8, 4) is 16.9 Å². The molecule has 6 rings (SSSR count). The van der Waals surface area contributed by atoms with Crippen molar-refractivity contribution in [1.82, 2.24) is 9.88 Å². The van der Waals surface area contributed by atoms with Crippen molar-refractivity contribution >= 4 is 38.9 Å². The summed E-state index contributed by atoms with van der Waals surface area (Å²) in [4.78, 5) is 20.3. The predicted molar refractivity (Wildman–Crippen MR) is 152 cm³/mol. The van der Waals surface area contributed by atoms with Crippen molar-refractivity contribution < 1.29 is 18.3 Å². The quantitative estimate of drug-likeness (QED) is 0.272. The zero-order chi connectivity index (χ0) is 27.5. The molecule has 0 radical (unpaired) electrons. The van der Waals surface area contributed by atoms with Crippen molar-refractivity contribution in [2.75, 3.05) is 13.7 Å². The van der Waals surface area contributed by atoms with Gasteiger partial charge in [-0.25, -0.2) is 8.78 Å². The summed E-state index contributed by atoms with van der Waals surface area (Å²) in [5.74, 6) is -0.431. The van der Waals surface area contributed by atoms with E-state index >= 15 is 0 Å². The van der Waals surface area contributed by atoms with Gasteiger partial charge in [-0.05, 0) is 79.8 Å². The van der Waals surface area contributed by atoms with Crippen molar-refractivity contribution in [2.24, 2.45) is 11.7 Å². The summed E-state index contributed by atoms with van der Waals surface area (Å²) in [5, 5.41) is -0.0456. The number of carbonyl (C=O) groups is 1.